The van der Waals surface area contributed by atoms with Gasteiger partial charge in [0.05, 0.1) is 5.30 Å². The van der Waals surface area contributed by atoms with Gasteiger partial charge in [0.2, 0.25) is 0 Å². The quantitative estimate of drug-likeness (QED) is 0.793. The Kier molecular flexibility index (Phi) is 4.84. The maximum atomic E-state index is 11.9. The highest BCUT2D eigenvalue weighted by Crippen LogP contribution is 2.58. The van der Waals surface area contributed by atoms with Gasteiger partial charge in [0.15, 0.2) is 0 Å². The van der Waals surface area contributed by atoms with Gasteiger partial charge in [-0.05, 0) is 20.8 Å². The zero-order valence-corrected chi connectivity index (χ0v) is 10.3. The van der Waals surface area contributed by atoms with Crippen LogP contribution in [0, 0.1) is 0 Å². The second-order valence-corrected chi connectivity index (χ2v) is 6.24. The standard InChI is InChI=1S/C6H5O7P3/c7-14(8)12-16(11,13-15(9)10)6-4-2-1-3-5-6/h1-5H/p+2. The molecular weight excluding hydrogens is 277 g/mol. The van der Waals surface area contributed by atoms with Crippen LogP contribution in [-0.2, 0) is 22.3 Å². The summed E-state index contributed by atoms with van der Waals surface area (Å²) in [6, 6.07) is 7.13. The summed E-state index contributed by atoms with van der Waals surface area (Å²) >= 11 is 0. The van der Waals surface area contributed by atoms with E-state index in [0.717, 1.165) is 0 Å². The lowest BCUT2D eigenvalue weighted by Gasteiger charge is -2.02. The summed E-state index contributed by atoms with van der Waals surface area (Å²) in [5.74, 6) is 0. The van der Waals surface area contributed by atoms with Gasteiger partial charge in [0.25, 0.3) is 0 Å². The van der Waals surface area contributed by atoms with E-state index in [1.165, 1.54) is 24.3 Å². The molecule has 86 valence electrons. The molecule has 1 aromatic carbocycles. The molecule has 0 bridgehead atoms. The molecule has 0 aromatic heterocycles. The van der Waals surface area contributed by atoms with E-state index in [2.05, 4.69) is 8.62 Å². The van der Waals surface area contributed by atoms with Crippen LogP contribution in [0.2, 0.25) is 0 Å². The number of benzene rings is 1. The Morgan fingerprint density at radius 1 is 1.00 bits per heavy atom. The Bertz CT molecular complexity index is 425. The van der Waals surface area contributed by atoms with Gasteiger partial charge in [0, 0.05) is 9.13 Å². The van der Waals surface area contributed by atoms with Gasteiger partial charge in [-0.25, -0.2) is 4.57 Å². The first-order valence-corrected chi connectivity index (χ1v) is 7.62. The highest BCUT2D eigenvalue weighted by molar-refractivity contribution is 7.71. The average molecular weight is 284 g/mol. The van der Waals surface area contributed by atoms with Crippen LogP contribution in [0.15, 0.2) is 30.3 Å². The molecule has 0 saturated heterocycles. The summed E-state index contributed by atoms with van der Waals surface area (Å²) < 4.78 is 41.2. The van der Waals surface area contributed by atoms with Crippen LogP contribution >= 0.6 is 24.1 Å². The Hall–Kier alpha value is -0.510. The molecule has 10 heteroatoms. The smallest absolute Gasteiger partial charge is 0.246 e. The molecule has 0 amide bonds. The maximum absolute atomic E-state index is 11.9. The SMILES string of the molecule is O=[P+](O)OP(=O)(O[P+](=O)O)c1ccccc1. The van der Waals surface area contributed by atoms with Crippen LogP contribution < -0.4 is 5.30 Å². The largest absolute Gasteiger partial charge is 0.704 e. The zero-order chi connectivity index (χ0) is 12.2. The molecule has 2 unspecified atom stereocenters. The normalized spacial score (nSPS) is 16.4. The van der Waals surface area contributed by atoms with Gasteiger partial charge < -0.3 is 0 Å². The minimum Gasteiger partial charge on any atom is -0.246 e. The molecule has 16 heavy (non-hydrogen) atoms. The summed E-state index contributed by atoms with van der Waals surface area (Å²) in [4.78, 5) is 17.0. The number of hydrogen-bond acceptors (Lipinski definition) is 5. The highest BCUT2D eigenvalue weighted by atomic mass is 31.3. The van der Waals surface area contributed by atoms with Crippen LogP contribution in [0.5, 0.6) is 0 Å². The molecule has 1 rings (SSSR count). The lowest BCUT2D eigenvalue weighted by molar-refractivity contribution is 0.346. The van der Waals surface area contributed by atoms with Crippen LogP contribution in [0.4, 0.5) is 0 Å². The third-order valence-corrected chi connectivity index (χ3v) is 5.20. The Labute approximate surface area is 92.5 Å². The van der Waals surface area contributed by atoms with Gasteiger partial charge in [-0.1, -0.05) is 18.2 Å². The van der Waals surface area contributed by atoms with Crippen molar-refractivity contribution < 1.29 is 32.1 Å². The van der Waals surface area contributed by atoms with Crippen LogP contribution in [0.3, 0.4) is 0 Å². The van der Waals surface area contributed by atoms with Gasteiger partial charge >= 0.3 is 24.1 Å². The van der Waals surface area contributed by atoms with Crippen molar-refractivity contribution in [2.24, 2.45) is 0 Å². The molecule has 0 fully saturated rings. The molecule has 1 aromatic rings. The van der Waals surface area contributed by atoms with E-state index in [0.29, 0.717) is 0 Å². The van der Waals surface area contributed by atoms with Gasteiger partial charge in [-0.15, -0.1) is 9.79 Å². The van der Waals surface area contributed by atoms with Gasteiger partial charge in [-0.3, -0.25) is 0 Å². The second-order valence-electron chi connectivity index (χ2n) is 2.47. The first-order chi connectivity index (χ1) is 7.44. The van der Waals surface area contributed by atoms with Crippen LogP contribution in [-0.4, -0.2) is 9.79 Å². The molecule has 2 atom stereocenters. The summed E-state index contributed by atoms with van der Waals surface area (Å²) in [5.41, 5.74) is 0. The third-order valence-electron chi connectivity index (χ3n) is 1.43. The van der Waals surface area contributed by atoms with E-state index in [4.69, 9.17) is 9.79 Å². The highest BCUT2D eigenvalue weighted by Gasteiger charge is 2.46. The lowest BCUT2D eigenvalue weighted by Crippen LogP contribution is -2.05. The predicted molar refractivity (Wildman–Crippen MR) is 55.5 cm³/mol. The van der Waals surface area contributed by atoms with Gasteiger partial charge in [0.1, 0.15) is 0 Å². The van der Waals surface area contributed by atoms with E-state index < -0.39 is 24.1 Å². The fourth-order valence-corrected chi connectivity index (χ4v) is 4.05. The molecule has 0 heterocycles. The van der Waals surface area contributed by atoms with Crippen molar-refractivity contribution in [1.29, 1.82) is 0 Å². The molecule has 0 radical (unpaired) electrons. The fourth-order valence-electron chi connectivity index (χ4n) is 0.904. The minimum atomic E-state index is -4.25. The van der Waals surface area contributed by atoms with E-state index in [-0.39, 0.29) is 5.30 Å². The molecule has 0 spiro atoms. The lowest BCUT2D eigenvalue weighted by atomic mass is 10.4. The third kappa shape index (κ3) is 3.81. The molecule has 0 aliphatic heterocycles. The van der Waals surface area contributed by atoms with Gasteiger partial charge in [-0.2, -0.15) is 0 Å². The minimum absolute atomic E-state index is 0.0789. The zero-order valence-electron chi connectivity index (χ0n) is 7.66. The molecule has 7 nitrogen and oxygen atoms in total. The van der Waals surface area contributed by atoms with Crippen molar-refractivity contribution >= 4 is 29.4 Å². The molecular formula is C6H7O7P3+2. The topological polar surface area (TPSA) is 110 Å². The van der Waals surface area contributed by atoms with E-state index in [1.54, 1.807) is 6.07 Å². The van der Waals surface area contributed by atoms with Crippen molar-refractivity contribution in [2.45, 2.75) is 0 Å². The fraction of sp³-hybridized carbons (Fsp3) is 0. The number of rotatable bonds is 5. The maximum Gasteiger partial charge on any atom is 0.704 e. The van der Waals surface area contributed by atoms with E-state index in [9.17, 15) is 13.7 Å². The average Bonchev–Trinajstić information content (AvgIpc) is 2.16. The molecule has 0 aliphatic carbocycles. The number of hydrogen-bond donors (Lipinski definition) is 2. The first kappa shape index (κ1) is 13.6. The summed E-state index contributed by atoms with van der Waals surface area (Å²) in [6.07, 6.45) is 0. The summed E-state index contributed by atoms with van der Waals surface area (Å²) in [6.45, 7) is 0. The van der Waals surface area contributed by atoms with Crippen molar-refractivity contribution in [3.63, 3.8) is 0 Å². The first-order valence-electron chi connectivity index (χ1n) is 3.81. The Morgan fingerprint density at radius 3 is 1.81 bits per heavy atom. The van der Waals surface area contributed by atoms with Crippen LogP contribution in [0.1, 0.15) is 0 Å². The van der Waals surface area contributed by atoms with Crippen molar-refractivity contribution in [3.8, 4) is 0 Å². The van der Waals surface area contributed by atoms with Crippen molar-refractivity contribution in [3.05, 3.63) is 30.3 Å². The molecule has 2 N–H and O–H groups in total. The van der Waals surface area contributed by atoms with E-state index >= 15 is 0 Å². The summed E-state index contributed by atoms with van der Waals surface area (Å²) in [5, 5.41) is -0.0789. The van der Waals surface area contributed by atoms with Crippen LogP contribution in [0.25, 0.3) is 0 Å². The van der Waals surface area contributed by atoms with E-state index in [1.807, 2.05) is 0 Å². The summed E-state index contributed by atoms with van der Waals surface area (Å²) in [7, 11) is -10.7. The predicted octanol–water partition coefficient (Wildman–Crippen LogP) is 1.84. The Balaban J connectivity index is 3.09. The molecule has 0 aliphatic rings. The van der Waals surface area contributed by atoms with Crippen molar-refractivity contribution in [2.75, 3.05) is 0 Å². The monoisotopic (exact) mass is 284 g/mol. The second kappa shape index (κ2) is 5.71. The van der Waals surface area contributed by atoms with Crippen molar-refractivity contribution in [1.82, 2.24) is 0 Å². The Morgan fingerprint density at radius 2 is 1.44 bits per heavy atom. The molecule has 0 saturated carbocycles.